The van der Waals surface area contributed by atoms with Crippen LogP contribution in [0.15, 0.2) is 42.5 Å². The Bertz CT molecular complexity index is 889. The zero-order valence-corrected chi connectivity index (χ0v) is 15.9. The monoisotopic (exact) mass is 387 g/mol. The van der Waals surface area contributed by atoms with E-state index in [1.54, 1.807) is 12.1 Å². The van der Waals surface area contributed by atoms with Crippen LogP contribution in [-0.2, 0) is 10.2 Å². The smallest absolute Gasteiger partial charge is 0.306 e. The molecule has 2 aromatic rings. The molecule has 2 N–H and O–H groups in total. The van der Waals surface area contributed by atoms with E-state index in [4.69, 9.17) is 0 Å². The third kappa shape index (κ3) is 5.60. The van der Waals surface area contributed by atoms with Gasteiger partial charge in [0.05, 0.1) is 4.92 Å². The summed E-state index contributed by atoms with van der Waals surface area (Å²) in [5.41, 5.74) is 0.981. The van der Waals surface area contributed by atoms with Crippen molar-refractivity contribution in [3.05, 3.63) is 69.5 Å². The molecule has 2 rings (SSSR count). The molecule has 2 aromatic carbocycles. The molecule has 0 aliphatic heterocycles. The molecule has 0 bridgehead atoms. The van der Waals surface area contributed by atoms with E-state index in [1.807, 2.05) is 12.1 Å². The van der Waals surface area contributed by atoms with Crippen LogP contribution in [0.3, 0.4) is 0 Å². The third-order valence-electron chi connectivity index (χ3n) is 4.08. The second kappa shape index (κ2) is 8.60. The number of nitrogens with zero attached hydrogens (tertiary/aromatic N) is 1. The van der Waals surface area contributed by atoms with Crippen molar-refractivity contribution in [2.75, 3.05) is 11.9 Å². The Morgan fingerprint density at radius 3 is 2.32 bits per heavy atom. The standard InChI is InChI=1S/C20H22FN3O4/c1-20(2,3)14-6-4-13(5-7-14)19(26)22-11-10-18(25)23-15-8-9-16(21)17(12-15)24(27)28/h4-9,12H,10-11H2,1-3H3,(H,22,26)(H,23,25). The van der Waals surface area contributed by atoms with Crippen LogP contribution in [0.1, 0.15) is 43.1 Å². The summed E-state index contributed by atoms with van der Waals surface area (Å²) >= 11 is 0. The fourth-order valence-electron chi connectivity index (χ4n) is 2.47. The van der Waals surface area contributed by atoms with Gasteiger partial charge in [-0.25, -0.2) is 0 Å². The maximum Gasteiger partial charge on any atom is 0.306 e. The maximum atomic E-state index is 13.3. The van der Waals surface area contributed by atoms with E-state index >= 15 is 0 Å². The van der Waals surface area contributed by atoms with E-state index in [-0.39, 0.29) is 30.0 Å². The summed E-state index contributed by atoms with van der Waals surface area (Å²) in [6, 6.07) is 10.3. The molecule has 0 aliphatic carbocycles. The first-order valence-corrected chi connectivity index (χ1v) is 8.70. The number of nitro groups is 1. The van der Waals surface area contributed by atoms with Gasteiger partial charge in [-0.05, 0) is 35.2 Å². The van der Waals surface area contributed by atoms with Gasteiger partial charge >= 0.3 is 5.69 Å². The number of carbonyl (C=O) groups is 2. The number of nitro benzene ring substituents is 1. The van der Waals surface area contributed by atoms with Crippen molar-refractivity contribution in [3.63, 3.8) is 0 Å². The Balaban J connectivity index is 1.86. The number of benzene rings is 2. The summed E-state index contributed by atoms with van der Waals surface area (Å²) in [6.45, 7) is 6.33. The highest BCUT2D eigenvalue weighted by molar-refractivity contribution is 5.95. The molecule has 0 spiro atoms. The van der Waals surface area contributed by atoms with E-state index in [0.717, 1.165) is 17.7 Å². The Hall–Kier alpha value is -3.29. The van der Waals surface area contributed by atoms with Gasteiger partial charge in [-0.1, -0.05) is 32.9 Å². The first kappa shape index (κ1) is 21.0. The molecule has 0 aromatic heterocycles. The molecule has 8 heteroatoms. The van der Waals surface area contributed by atoms with Crippen LogP contribution in [0.25, 0.3) is 0 Å². The first-order chi connectivity index (χ1) is 13.1. The fraction of sp³-hybridized carbons (Fsp3) is 0.300. The van der Waals surface area contributed by atoms with Gasteiger partial charge in [0.15, 0.2) is 0 Å². The maximum absolute atomic E-state index is 13.3. The molecule has 0 saturated heterocycles. The van der Waals surface area contributed by atoms with Gasteiger partial charge in [0.1, 0.15) is 0 Å². The normalized spacial score (nSPS) is 11.0. The number of hydrogen-bond acceptors (Lipinski definition) is 4. The van der Waals surface area contributed by atoms with Crippen LogP contribution in [0.5, 0.6) is 0 Å². The Labute approximate surface area is 162 Å². The van der Waals surface area contributed by atoms with Gasteiger partial charge in [-0.3, -0.25) is 19.7 Å². The van der Waals surface area contributed by atoms with Gasteiger partial charge < -0.3 is 10.6 Å². The van der Waals surface area contributed by atoms with Crippen molar-refractivity contribution in [3.8, 4) is 0 Å². The molecule has 28 heavy (non-hydrogen) atoms. The minimum absolute atomic E-state index is 0.0114. The van der Waals surface area contributed by atoms with Gasteiger partial charge in [-0.2, -0.15) is 4.39 Å². The van der Waals surface area contributed by atoms with Crippen molar-refractivity contribution in [1.29, 1.82) is 0 Å². The molecule has 148 valence electrons. The van der Waals surface area contributed by atoms with Crippen LogP contribution in [-0.4, -0.2) is 23.3 Å². The predicted molar refractivity (Wildman–Crippen MR) is 104 cm³/mol. The lowest BCUT2D eigenvalue weighted by Gasteiger charge is -2.19. The lowest BCUT2D eigenvalue weighted by molar-refractivity contribution is -0.387. The highest BCUT2D eigenvalue weighted by Crippen LogP contribution is 2.22. The van der Waals surface area contributed by atoms with Crippen molar-refractivity contribution in [2.45, 2.75) is 32.6 Å². The quantitative estimate of drug-likeness (QED) is 0.581. The largest absolute Gasteiger partial charge is 0.352 e. The van der Waals surface area contributed by atoms with Crippen molar-refractivity contribution < 1.29 is 18.9 Å². The summed E-state index contributed by atoms with van der Waals surface area (Å²) in [7, 11) is 0. The molecule has 0 heterocycles. The average molecular weight is 387 g/mol. The van der Waals surface area contributed by atoms with Crippen molar-refractivity contribution in [2.24, 2.45) is 0 Å². The molecule has 0 fully saturated rings. The molecule has 0 saturated carbocycles. The van der Waals surface area contributed by atoms with Crippen molar-refractivity contribution >= 4 is 23.2 Å². The number of hydrogen-bond donors (Lipinski definition) is 2. The fourth-order valence-corrected chi connectivity index (χ4v) is 2.47. The van der Waals surface area contributed by atoms with Crippen LogP contribution in [0, 0.1) is 15.9 Å². The number of anilines is 1. The minimum atomic E-state index is -0.979. The minimum Gasteiger partial charge on any atom is -0.352 e. The predicted octanol–water partition coefficient (Wildman–Crippen LogP) is 3.79. The summed E-state index contributed by atoms with van der Waals surface area (Å²) in [6.07, 6.45) is -0.0308. The highest BCUT2D eigenvalue weighted by atomic mass is 19.1. The molecule has 0 radical (unpaired) electrons. The zero-order valence-electron chi connectivity index (χ0n) is 15.9. The summed E-state index contributed by atoms with van der Waals surface area (Å²) in [5.74, 6) is -1.73. The Morgan fingerprint density at radius 1 is 1.11 bits per heavy atom. The van der Waals surface area contributed by atoms with Gasteiger partial charge in [0.2, 0.25) is 11.7 Å². The van der Waals surface area contributed by atoms with Crippen molar-refractivity contribution in [1.82, 2.24) is 5.32 Å². The summed E-state index contributed by atoms with van der Waals surface area (Å²) < 4.78 is 13.3. The van der Waals surface area contributed by atoms with Crippen LogP contribution in [0.4, 0.5) is 15.8 Å². The summed E-state index contributed by atoms with van der Waals surface area (Å²) in [5, 5.41) is 15.8. The van der Waals surface area contributed by atoms with E-state index in [2.05, 4.69) is 31.4 Å². The van der Waals surface area contributed by atoms with Gasteiger partial charge in [-0.15, -0.1) is 0 Å². The van der Waals surface area contributed by atoms with Gasteiger partial charge in [0.25, 0.3) is 5.91 Å². The number of carbonyl (C=O) groups excluding carboxylic acids is 2. The molecule has 7 nitrogen and oxygen atoms in total. The van der Waals surface area contributed by atoms with E-state index in [0.29, 0.717) is 5.56 Å². The molecule has 0 aliphatic rings. The SMILES string of the molecule is CC(C)(C)c1ccc(C(=O)NCCC(=O)Nc2ccc(F)c([N+](=O)[O-])c2)cc1. The number of nitrogens with one attached hydrogen (secondary N) is 2. The lowest BCUT2D eigenvalue weighted by Crippen LogP contribution is -2.27. The van der Waals surface area contributed by atoms with E-state index in [9.17, 15) is 24.1 Å². The summed E-state index contributed by atoms with van der Waals surface area (Å²) in [4.78, 5) is 33.9. The first-order valence-electron chi connectivity index (χ1n) is 8.70. The van der Waals surface area contributed by atoms with E-state index < -0.39 is 22.3 Å². The second-order valence-electron chi connectivity index (χ2n) is 7.30. The number of amides is 2. The van der Waals surface area contributed by atoms with Gasteiger partial charge in [0, 0.05) is 30.3 Å². The molecule has 0 atom stereocenters. The highest BCUT2D eigenvalue weighted by Gasteiger charge is 2.16. The van der Waals surface area contributed by atoms with Crippen LogP contribution >= 0.6 is 0 Å². The second-order valence-corrected chi connectivity index (χ2v) is 7.30. The lowest BCUT2D eigenvalue weighted by atomic mass is 9.87. The molecular weight excluding hydrogens is 365 g/mol. The molecule has 0 unspecified atom stereocenters. The van der Waals surface area contributed by atoms with E-state index in [1.165, 1.54) is 6.07 Å². The third-order valence-corrected chi connectivity index (χ3v) is 4.08. The van der Waals surface area contributed by atoms with Crippen LogP contribution in [0.2, 0.25) is 0 Å². The molecular formula is C20H22FN3O4. The Kier molecular flexibility index (Phi) is 6.45. The zero-order chi connectivity index (χ0) is 20.9. The van der Waals surface area contributed by atoms with Crippen LogP contribution < -0.4 is 10.6 Å². The number of rotatable bonds is 6. The average Bonchev–Trinajstić information content (AvgIpc) is 2.62. The number of halogens is 1. The topological polar surface area (TPSA) is 101 Å². The molecule has 2 amide bonds. The Morgan fingerprint density at radius 2 is 1.75 bits per heavy atom.